The van der Waals surface area contributed by atoms with Gasteiger partial charge in [-0.3, -0.25) is 4.79 Å². The van der Waals surface area contributed by atoms with Crippen molar-refractivity contribution in [3.05, 3.63) is 35.6 Å². The average molecular weight is 237 g/mol. The van der Waals surface area contributed by atoms with Crippen LogP contribution in [0.1, 0.15) is 32.3 Å². The fourth-order valence-electron chi connectivity index (χ4n) is 1.82. The number of carbonyl (C=O) groups is 1. The maximum atomic E-state index is 13.4. The molecule has 0 aromatic heterocycles. The molecule has 0 atom stereocenters. The van der Waals surface area contributed by atoms with Crippen LogP contribution >= 0.6 is 0 Å². The van der Waals surface area contributed by atoms with Gasteiger partial charge in [0.25, 0.3) is 0 Å². The van der Waals surface area contributed by atoms with Crippen molar-refractivity contribution in [1.29, 1.82) is 0 Å². The first-order valence-electron chi connectivity index (χ1n) is 6.20. The van der Waals surface area contributed by atoms with Crippen LogP contribution in [0.3, 0.4) is 0 Å². The van der Waals surface area contributed by atoms with Crippen LogP contribution in [0.15, 0.2) is 24.3 Å². The Morgan fingerprint density at radius 1 is 1.18 bits per heavy atom. The third kappa shape index (κ3) is 4.17. The topological polar surface area (TPSA) is 20.3 Å². The quantitative estimate of drug-likeness (QED) is 0.744. The molecule has 0 aliphatic rings. The van der Waals surface area contributed by atoms with Crippen LogP contribution in [-0.4, -0.2) is 23.9 Å². The highest BCUT2D eigenvalue weighted by Crippen LogP contribution is 2.09. The van der Waals surface area contributed by atoms with Crippen molar-refractivity contribution in [2.45, 2.75) is 33.1 Å². The molecular weight excluding hydrogens is 217 g/mol. The van der Waals surface area contributed by atoms with Crippen molar-refractivity contribution in [2.24, 2.45) is 0 Å². The van der Waals surface area contributed by atoms with Crippen molar-refractivity contribution in [3.63, 3.8) is 0 Å². The standard InChI is InChI=1S/C14H20FNO/c1-3-9-16(10-4-2)14(17)11-12-7-5-6-8-13(12)15/h5-8H,3-4,9-11H2,1-2H3. The molecule has 1 amide bonds. The van der Waals surface area contributed by atoms with E-state index in [4.69, 9.17) is 0 Å². The van der Waals surface area contributed by atoms with Gasteiger partial charge >= 0.3 is 0 Å². The Labute approximate surface area is 102 Å². The summed E-state index contributed by atoms with van der Waals surface area (Å²) in [5.41, 5.74) is 0.481. The van der Waals surface area contributed by atoms with E-state index in [1.54, 1.807) is 18.2 Å². The highest BCUT2D eigenvalue weighted by molar-refractivity contribution is 5.78. The summed E-state index contributed by atoms with van der Waals surface area (Å²) in [6.45, 7) is 5.58. The minimum absolute atomic E-state index is 0.0128. The lowest BCUT2D eigenvalue weighted by Gasteiger charge is -2.21. The summed E-state index contributed by atoms with van der Waals surface area (Å²) >= 11 is 0. The summed E-state index contributed by atoms with van der Waals surface area (Å²) < 4.78 is 13.4. The van der Waals surface area contributed by atoms with Crippen LogP contribution < -0.4 is 0 Å². The number of hydrogen-bond donors (Lipinski definition) is 0. The van der Waals surface area contributed by atoms with Crippen LogP contribution in [0.4, 0.5) is 4.39 Å². The molecule has 3 heteroatoms. The van der Waals surface area contributed by atoms with Crippen molar-refractivity contribution in [1.82, 2.24) is 4.90 Å². The molecule has 2 nitrogen and oxygen atoms in total. The SMILES string of the molecule is CCCN(CCC)C(=O)Cc1ccccc1F. The van der Waals surface area contributed by atoms with E-state index in [-0.39, 0.29) is 18.1 Å². The molecular formula is C14H20FNO. The van der Waals surface area contributed by atoms with E-state index in [1.165, 1.54) is 6.07 Å². The normalized spacial score (nSPS) is 10.3. The van der Waals surface area contributed by atoms with Gasteiger partial charge in [-0.15, -0.1) is 0 Å². The van der Waals surface area contributed by atoms with Crippen molar-refractivity contribution in [3.8, 4) is 0 Å². The smallest absolute Gasteiger partial charge is 0.227 e. The number of carbonyl (C=O) groups excluding carboxylic acids is 1. The van der Waals surface area contributed by atoms with Gasteiger partial charge in [0.1, 0.15) is 5.82 Å². The van der Waals surface area contributed by atoms with E-state index in [9.17, 15) is 9.18 Å². The van der Waals surface area contributed by atoms with Gasteiger partial charge in [-0.05, 0) is 24.5 Å². The zero-order valence-electron chi connectivity index (χ0n) is 10.6. The Morgan fingerprint density at radius 3 is 2.29 bits per heavy atom. The maximum Gasteiger partial charge on any atom is 0.227 e. The van der Waals surface area contributed by atoms with E-state index >= 15 is 0 Å². The molecule has 0 aliphatic carbocycles. The van der Waals surface area contributed by atoms with Crippen LogP contribution in [0.2, 0.25) is 0 Å². The third-order valence-corrected chi connectivity index (χ3v) is 2.64. The molecule has 0 saturated carbocycles. The van der Waals surface area contributed by atoms with Gasteiger partial charge in [0.15, 0.2) is 0 Å². The predicted molar refractivity (Wildman–Crippen MR) is 67.3 cm³/mol. The predicted octanol–water partition coefficient (Wildman–Crippen LogP) is 3.02. The number of amides is 1. The minimum atomic E-state index is -0.297. The lowest BCUT2D eigenvalue weighted by molar-refractivity contribution is -0.130. The number of hydrogen-bond acceptors (Lipinski definition) is 1. The van der Waals surface area contributed by atoms with Crippen LogP contribution in [-0.2, 0) is 11.2 Å². The largest absolute Gasteiger partial charge is 0.342 e. The fourth-order valence-corrected chi connectivity index (χ4v) is 1.82. The Bertz CT molecular complexity index is 359. The number of nitrogens with zero attached hydrogens (tertiary/aromatic N) is 1. The van der Waals surface area contributed by atoms with Gasteiger partial charge in [-0.1, -0.05) is 32.0 Å². The van der Waals surface area contributed by atoms with E-state index in [0.717, 1.165) is 25.9 Å². The molecule has 0 heterocycles. The summed E-state index contributed by atoms with van der Waals surface area (Å²) in [5, 5.41) is 0. The fraction of sp³-hybridized carbons (Fsp3) is 0.500. The second kappa shape index (κ2) is 7.05. The van der Waals surface area contributed by atoms with E-state index in [0.29, 0.717) is 5.56 Å². The molecule has 17 heavy (non-hydrogen) atoms. The first-order chi connectivity index (χ1) is 8.19. The molecule has 0 radical (unpaired) electrons. The molecule has 0 fully saturated rings. The molecule has 0 saturated heterocycles. The van der Waals surface area contributed by atoms with Gasteiger partial charge in [0.2, 0.25) is 5.91 Å². The molecule has 1 aromatic carbocycles. The monoisotopic (exact) mass is 237 g/mol. The number of halogens is 1. The average Bonchev–Trinajstić information content (AvgIpc) is 2.32. The van der Waals surface area contributed by atoms with E-state index in [2.05, 4.69) is 0 Å². The Kier molecular flexibility index (Phi) is 5.67. The molecule has 0 bridgehead atoms. The van der Waals surface area contributed by atoms with Crippen LogP contribution in [0.5, 0.6) is 0 Å². The number of rotatable bonds is 6. The van der Waals surface area contributed by atoms with Crippen molar-refractivity contribution >= 4 is 5.91 Å². The van der Waals surface area contributed by atoms with Gasteiger partial charge in [0, 0.05) is 13.1 Å². The molecule has 1 rings (SSSR count). The lowest BCUT2D eigenvalue weighted by atomic mass is 10.1. The molecule has 1 aromatic rings. The van der Waals surface area contributed by atoms with Gasteiger partial charge in [-0.25, -0.2) is 4.39 Å². The van der Waals surface area contributed by atoms with Crippen LogP contribution in [0.25, 0.3) is 0 Å². The third-order valence-electron chi connectivity index (χ3n) is 2.64. The zero-order valence-corrected chi connectivity index (χ0v) is 10.6. The summed E-state index contributed by atoms with van der Waals surface area (Å²) in [5.74, 6) is -0.285. The Hall–Kier alpha value is -1.38. The second-order valence-electron chi connectivity index (χ2n) is 4.15. The molecule has 0 unspecified atom stereocenters. The first-order valence-corrected chi connectivity index (χ1v) is 6.20. The van der Waals surface area contributed by atoms with Gasteiger partial charge in [-0.2, -0.15) is 0 Å². The van der Waals surface area contributed by atoms with Gasteiger partial charge < -0.3 is 4.90 Å². The molecule has 0 N–H and O–H groups in total. The summed E-state index contributed by atoms with van der Waals surface area (Å²) in [4.78, 5) is 13.8. The number of benzene rings is 1. The second-order valence-corrected chi connectivity index (χ2v) is 4.15. The highest BCUT2D eigenvalue weighted by atomic mass is 19.1. The van der Waals surface area contributed by atoms with Crippen molar-refractivity contribution < 1.29 is 9.18 Å². The first kappa shape index (κ1) is 13.7. The van der Waals surface area contributed by atoms with E-state index < -0.39 is 0 Å². The minimum Gasteiger partial charge on any atom is -0.342 e. The summed E-state index contributed by atoms with van der Waals surface area (Å²) in [6, 6.07) is 6.46. The van der Waals surface area contributed by atoms with Gasteiger partial charge in [0.05, 0.1) is 6.42 Å². The summed E-state index contributed by atoms with van der Waals surface area (Å²) in [6.07, 6.45) is 2.03. The molecule has 0 spiro atoms. The molecule has 0 aliphatic heterocycles. The molecule has 94 valence electrons. The maximum absolute atomic E-state index is 13.4. The van der Waals surface area contributed by atoms with E-state index in [1.807, 2.05) is 18.7 Å². The van der Waals surface area contributed by atoms with Crippen LogP contribution in [0, 0.1) is 5.82 Å². The Balaban J connectivity index is 2.66. The Morgan fingerprint density at radius 2 is 1.76 bits per heavy atom. The summed E-state index contributed by atoms with van der Waals surface area (Å²) in [7, 11) is 0. The zero-order chi connectivity index (χ0) is 12.7. The highest BCUT2D eigenvalue weighted by Gasteiger charge is 2.14. The lowest BCUT2D eigenvalue weighted by Crippen LogP contribution is -2.33. The van der Waals surface area contributed by atoms with Crippen molar-refractivity contribution in [2.75, 3.05) is 13.1 Å².